The Morgan fingerprint density at radius 2 is 1.48 bits per heavy atom. The van der Waals surface area contributed by atoms with Gasteiger partial charge in [-0.2, -0.15) is 26.3 Å². The van der Waals surface area contributed by atoms with Gasteiger partial charge < -0.3 is 0 Å². The molecule has 1 N–H and O–H groups in total. The zero-order valence-corrected chi connectivity index (χ0v) is 12.7. The van der Waals surface area contributed by atoms with Crippen molar-refractivity contribution in [3.05, 3.63) is 59.4 Å². The number of hydrogen-bond acceptors (Lipinski definition) is 2. The molecule has 25 heavy (non-hydrogen) atoms. The van der Waals surface area contributed by atoms with Crippen LogP contribution in [-0.4, -0.2) is 8.42 Å². The van der Waals surface area contributed by atoms with Crippen LogP contribution in [0.4, 0.5) is 36.4 Å². The van der Waals surface area contributed by atoms with E-state index in [2.05, 4.69) is 0 Å². The lowest BCUT2D eigenvalue weighted by atomic mass is 10.2. The summed E-state index contributed by atoms with van der Waals surface area (Å²) < 4.78 is 115. The molecule has 0 fully saturated rings. The fraction of sp³-hybridized carbons (Fsp3) is 0.143. The Kier molecular flexibility index (Phi) is 4.73. The third kappa shape index (κ3) is 4.41. The molecular formula is C14H8F7NO2S. The van der Waals surface area contributed by atoms with Gasteiger partial charge in [-0.25, -0.2) is 12.8 Å². The van der Waals surface area contributed by atoms with E-state index in [0.717, 1.165) is 12.1 Å². The fourth-order valence-corrected chi connectivity index (χ4v) is 3.01. The van der Waals surface area contributed by atoms with Crippen molar-refractivity contribution < 1.29 is 39.2 Å². The average molecular weight is 387 g/mol. The van der Waals surface area contributed by atoms with Crippen molar-refractivity contribution in [1.29, 1.82) is 0 Å². The molecular weight excluding hydrogens is 379 g/mol. The largest absolute Gasteiger partial charge is 0.418 e. The first kappa shape index (κ1) is 19.0. The highest BCUT2D eigenvalue weighted by atomic mass is 32.2. The molecule has 11 heteroatoms. The molecule has 2 rings (SSSR count). The average Bonchev–Trinajstić information content (AvgIpc) is 2.47. The molecule has 0 bridgehead atoms. The SMILES string of the molecule is O=S(=O)(Nc1ccc(F)cc1C(F)(F)F)c1cccc(C(F)(F)F)c1. The van der Waals surface area contributed by atoms with Crippen molar-refractivity contribution in [1.82, 2.24) is 0 Å². The Morgan fingerprint density at radius 1 is 0.840 bits per heavy atom. The second-order valence-corrected chi connectivity index (χ2v) is 6.50. The number of rotatable bonds is 3. The van der Waals surface area contributed by atoms with E-state index in [1.807, 2.05) is 0 Å². The Balaban J connectivity index is 2.48. The first-order valence-corrected chi connectivity index (χ1v) is 7.86. The molecule has 0 saturated heterocycles. The van der Waals surface area contributed by atoms with Crippen LogP contribution in [-0.2, 0) is 22.4 Å². The zero-order valence-electron chi connectivity index (χ0n) is 11.9. The Labute approximate surface area is 137 Å². The highest BCUT2D eigenvalue weighted by Crippen LogP contribution is 2.36. The van der Waals surface area contributed by atoms with E-state index in [1.165, 1.54) is 4.72 Å². The number of sulfonamides is 1. The molecule has 3 nitrogen and oxygen atoms in total. The Bertz CT molecular complexity index is 889. The van der Waals surface area contributed by atoms with Crippen LogP contribution in [0.3, 0.4) is 0 Å². The van der Waals surface area contributed by atoms with Crippen molar-refractivity contribution in [3.8, 4) is 0 Å². The molecule has 0 aromatic heterocycles. The van der Waals surface area contributed by atoms with Gasteiger partial charge in [0, 0.05) is 0 Å². The maximum atomic E-state index is 13.0. The van der Waals surface area contributed by atoms with E-state index in [4.69, 9.17) is 0 Å². The minimum absolute atomic E-state index is 0.0734. The van der Waals surface area contributed by atoms with Crippen LogP contribution in [0, 0.1) is 5.82 Å². The van der Waals surface area contributed by atoms with Gasteiger partial charge in [-0.05, 0) is 36.4 Å². The van der Waals surface area contributed by atoms with Gasteiger partial charge in [-0.1, -0.05) is 6.07 Å². The predicted octanol–water partition coefficient (Wildman–Crippen LogP) is 4.66. The minimum Gasteiger partial charge on any atom is -0.279 e. The maximum Gasteiger partial charge on any atom is 0.418 e. The van der Waals surface area contributed by atoms with Crippen LogP contribution in [0.1, 0.15) is 11.1 Å². The molecule has 2 aromatic rings. The van der Waals surface area contributed by atoms with Crippen molar-refractivity contribution in [2.45, 2.75) is 17.2 Å². The van der Waals surface area contributed by atoms with Crippen molar-refractivity contribution >= 4 is 15.7 Å². The maximum absolute atomic E-state index is 13.0. The smallest absolute Gasteiger partial charge is 0.279 e. The molecule has 0 aliphatic heterocycles. The summed E-state index contributed by atoms with van der Waals surface area (Å²) in [6.45, 7) is 0. The lowest BCUT2D eigenvalue weighted by Crippen LogP contribution is -2.18. The van der Waals surface area contributed by atoms with Crippen LogP contribution in [0.2, 0.25) is 0 Å². The van der Waals surface area contributed by atoms with Gasteiger partial charge in [0.25, 0.3) is 10.0 Å². The van der Waals surface area contributed by atoms with Gasteiger partial charge in [0.2, 0.25) is 0 Å². The molecule has 2 aromatic carbocycles. The number of nitrogens with one attached hydrogen (secondary N) is 1. The Hall–Kier alpha value is -2.30. The van der Waals surface area contributed by atoms with E-state index in [0.29, 0.717) is 18.2 Å². The summed E-state index contributed by atoms with van der Waals surface area (Å²) in [6.07, 6.45) is -9.91. The third-order valence-electron chi connectivity index (χ3n) is 3.00. The normalized spacial score (nSPS) is 12.9. The molecule has 0 amide bonds. The fourth-order valence-electron chi connectivity index (χ4n) is 1.88. The number of alkyl halides is 6. The van der Waals surface area contributed by atoms with Crippen molar-refractivity contribution in [3.63, 3.8) is 0 Å². The molecule has 0 radical (unpaired) electrons. The number of anilines is 1. The summed E-state index contributed by atoms with van der Waals surface area (Å²) in [4.78, 5) is -0.889. The minimum atomic E-state index is -5.08. The van der Waals surface area contributed by atoms with Crippen molar-refractivity contribution in [2.75, 3.05) is 4.72 Å². The lowest BCUT2D eigenvalue weighted by molar-refractivity contribution is -0.138. The summed E-state index contributed by atoms with van der Waals surface area (Å²) in [7, 11) is -4.76. The van der Waals surface area contributed by atoms with E-state index < -0.39 is 49.9 Å². The molecule has 0 saturated carbocycles. The summed E-state index contributed by atoms with van der Waals surface area (Å²) in [6, 6.07) is 3.66. The van der Waals surface area contributed by atoms with Crippen LogP contribution < -0.4 is 4.72 Å². The summed E-state index contributed by atoms with van der Waals surface area (Å²) in [5.74, 6) is -1.26. The van der Waals surface area contributed by atoms with Crippen LogP contribution >= 0.6 is 0 Å². The molecule has 0 heterocycles. The van der Waals surface area contributed by atoms with E-state index in [-0.39, 0.29) is 12.1 Å². The second-order valence-electron chi connectivity index (χ2n) is 4.82. The van der Waals surface area contributed by atoms with Gasteiger partial charge in [0.15, 0.2) is 0 Å². The van der Waals surface area contributed by atoms with E-state index in [1.54, 1.807) is 0 Å². The second kappa shape index (κ2) is 6.21. The van der Waals surface area contributed by atoms with Gasteiger partial charge in [-0.3, -0.25) is 4.72 Å². The number of benzene rings is 2. The quantitative estimate of drug-likeness (QED) is 0.779. The number of hydrogen-bond donors (Lipinski definition) is 1. The highest BCUT2D eigenvalue weighted by molar-refractivity contribution is 7.92. The van der Waals surface area contributed by atoms with E-state index >= 15 is 0 Å². The number of halogens is 7. The van der Waals surface area contributed by atoms with E-state index in [9.17, 15) is 39.2 Å². The molecule has 0 spiro atoms. The van der Waals surface area contributed by atoms with Crippen molar-refractivity contribution in [2.24, 2.45) is 0 Å². The zero-order chi connectivity index (χ0) is 19.0. The predicted molar refractivity (Wildman–Crippen MR) is 73.7 cm³/mol. The van der Waals surface area contributed by atoms with Crippen LogP contribution in [0.5, 0.6) is 0 Å². The molecule has 0 unspecified atom stereocenters. The molecule has 0 atom stereocenters. The van der Waals surface area contributed by atoms with Gasteiger partial charge in [-0.15, -0.1) is 0 Å². The third-order valence-corrected chi connectivity index (χ3v) is 4.37. The summed E-state index contributed by atoms with van der Waals surface area (Å²) in [5, 5.41) is 0. The van der Waals surface area contributed by atoms with Crippen LogP contribution in [0.25, 0.3) is 0 Å². The van der Waals surface area contributed by atoms with Crippen LogP contribution in [0.15, 0.2) is 47.4 Å². The highest BCUT2D eigenvalue weighted by Gasteiger charge is 2.36. The van der Waals surface area contributed by atoms with Gasteiger partial charge in [0.05, 0.1) is 21.7 Å². The summed E-state index contributed by atoms with van der Waals surface area (Å²) in [5.41, 5.74) is -3.90. The monoisotopic (exact) mass is 387 g/mol. The Morgan fingerprint density at radius 3 is 2.04 bits per heavy atom. The lowest BCUT2D eigenvalue weighted by Gasteiger charge is -2.15. The van der Waals surface area contributed by atoms with Gasteiger partial charge in [0.1, 0.15) is 5.82 Å². The standard InChI is InChI=1S/C14H8F7NO2S/c15-9-4-5-12(11(7-9)14(19,20)21)22-25(23,24)10-3-1-2-8(6-10)13(16,17)18/h1-7,22H. The molecule has 0 aliphatic carbocycles. The first-order valence-electron chi connectivity index (χ1n) is 6.37. The topological polar surface area (TPSA) is 46.2 Å². The summed E-state index contributed by atoms with van der Waals surface area (Å²) >= 11 is 0. The van der Waals surface area contributed by atoms with Gasteiger partial charge >= 0.3 is 12.4 Å². The molecule has 136 valence electrons. The molecule has 0 aliphatic rings. The first-order chi connectivity index (χ1) is 11.3.